The summed E-state index contributed by atoms with van der Waals surface area (Å²) < 4.78 is 29.4. The van der Waals surface area contributed by atoms with E-state index in [-0.39, 0.29) is 52.6 Å². The van der Waals surface area contributed by atoms with Crippen molar-refractivity contribution in [1.82, 2.24) is 4.90 Å². The molecule has 3 rings (SSSR count). The molecule has 1 saturated carbocycles. The van der Waals surface area contributed by atoms with Crippen LogP contribution in [-0.4, -0.2) is 54.3 Å². The van der Waals surface area contributed by atoms with Gasteiger partial charge in [-0.15, -0.1) is 0 Å². The molecule has 8 nitrogen and oxygen atoms in total. The summed E-state index contributed by atoms with van der Waals surface area (Å²) >= 11 is 6.02. The van der Waals surface area contributed by atoms with Gasteiger partial charge in [0.15, 0.2) is 16.4 Å². The maximum atomic E-state index is 13.0. The molecule has 2 fully saturated rings. The van der Waals surface area contributed by atoms with Crippen LogP contribution in [0.4, 0.5) is 5.69 Å². The molecule has 1 aliphatic carbocycles. The van der Waals surface area contributed by atoms with E-state index in [0.717, 1.165) is 32.1 Å². The van der Waals surface area contributed by atoms with Crippen LogP contribution < -0.4 is 4.74 Å². The minimum absolute atomic E-state index is 0.00642. The number of sulfone groups is 1. The lowest BCUT2D eigenvalue weighted by molar-refractivity contribution is -0.384. The molecule has 0 unspecified atom stereocenters. The normalized spacial score (nSPS) is 22.0. The molecule has 0 bridgehead atoms. The lowest BCUT2D eigenvalue weighted by Crippen LogP contribution is -2.50. The Kier molecular flexibility index (Phi) is 6.44. The number of nitro groups is 1. The van der Waals surface area contributed by atoms with E-state index in [2.05, 4.69) is 0 Å². The standard InChI is InChI=1S/C18H23ClN2O6S/c19-16-10-14(21(23)24)6-7-17(16)27-11-18(22)20(13-4-2-1-3-5-13)15-8-9-28(25,26)12-15/h6-7,10,13,15H,1-5,8-9,11-12H2/t15-/m0/s1. The summed E-state index contributed by atoms with van der Waals surface area (Å²) in [4.78, 5) is 24.9. The molecule has 1 aromatic rings. The molecule has 0 spiro atoms. The molecular formula is C18H23ClN2O6S. The van der Waals surface area contributed by atoms with E-state index in [1.165, 1.54) is 18.2 Å². The first kappa shape index (κ1) is 20.9. The van der Waals surface area contributed by atoms with Crippen molar-refractivity contribution in [3.8, 4) is 5.75 Å². The Morgan fingerprint density at radius 2 is 1.93 bits per heavy atom. The Balaban J connectivity index is 1.71. The van der Waals surface area contributed by atoms with Gasteiger partial charge in [-0.1, -0.05) is 30.9 Å². The number of rotatable bonds is 6. The number of benzene rings is 1. The minimum Gasteiger partial charge on any atom is -0.482 e. The first-order chi connectivity index (χ1) is 13.3. The Labute approximate surface area is 168 Å². The van der Waals surface area contributed by atoms with E-state index in [0.29, 0.717) is 6.42 Å². The minimum atomic E-state index is -3.12. The van der Waals surface area contributed by atoms with Crippen molar-refractivity contribution in [3.05, 3.63) is 33.3 Å². The number of hydrogen-bond donors (Lipinski definition) is 0. The van der Waals surface area contributed by atoms with E-state index in [4.69, 9.17) is 16.3 Å². The van der Waals surface area contributed by atoms with E-state index >= 15 is 0 Å². The maximum Gasteiger partial charge on any atom is 0.271 e. The predicted molar refractivity (Wildman–Crippen MR) is 104 cm³/mol. The van der Waals surface area contributed by atoms with Crippen LogP contribution in [0.25, 0.3) is 0 Å². The zero-order valence-electron chi connectivity index (χ0n) is 15.4. The Morgan fingerprint density at radius 1 is 1.21 bits per heavy atom. The lowest BCUT2D eigenvalue weighted by Gasteiger charge is -2.38. The number of amides is 1. The number of ether oxygens (including phenoxy) is 1. The van der Waals surface area contributed by atoms with Crippen molar-refractivity contribution < 1.29 is 22.9 Å². The average molecular weight is 431 g/mol. The van der Waals surface area contributed by atoms with Crippen molar-refractivity contribution in [2.75, 3.05) is 18.1 Å². The summed E-state index contributed by atoms with van der Waals surface area (Å²) in [6.07, 6.45) is 5.33. The van der Waals surface area contributed by atoms with Gasteiger partial charge in [0.1, 0.15) is 5.75 Å². The molecule has 1 atom stereocenters. The molecule has 0 radical (unpaired) electrons. The molecule has 1 heterocycles. The molecule has 0 N–H and O–H groups in total. The highest BCUT2D eigenvalue weighted by molar-refractivity contribution is 7.91. The highest BCUT2D eigenvalue weighted by Gasteiger charge is 2.38. The van der Waals surface area contributed by atoms with Crippen LogP contribution in [0.2, 0.25) is 5.02 Å². The van der Waals surface area contributed by atoms with Crippen molar-refractivity contribution >= 4 is 33.0 Å². The highest BCUT2D eigenvalue weighted by Crippen LogP contribution is 2.30. The molecule has 28 heavy (non-hydrogen) atoms. The van der Waals surface area contributed by atoms with E-state index in [9.17, 15) is 23.3 Å². The van der Waals surface area contributed by atoms with Crippen LogP contribution in [0.5, 0.6) is 5.75 Å². The largest absolute Gasteiger partial charge is 0.482 e. The fraction of sp³-hybridized carbons (Fsp3) is 0.611. The van der Waals surface area contributed by atoms with Gasteiger partial charge in [-0.2, -0.15) is 0 Å². The summed E-state index contributed by atoms with van der Waals surface area (Å²) in [7, 11) is -3.12. The summed E-state index contributed by atoms with van der Waals surface area (Å²) in [5.41, 5.74) is -0.163. The Hall–Kier alpha value is -1.87. The number of carbonyl (C=O) groups excluding carboxylic acids is 1. The van der Waals surface area contributed by atoms with Gasteiger partial charge in [0.2, 0.25) is 0 Å². The zero-order valence-corrected chi connectivity index (χ0v) is 17.0. The zero-order chi connectivity index (χ0) is 20.3. The second-order valence-corrected chi connectivity index (χ2v) is 9.95. The van der Waals surface area contributed by atoms with Crippen LogP contribution in [0.1, 0.15) is 38.5 Å². The number of non-ortho nitro benzene ring substituents is 1. The molecule has 1 aromatic carbocycles. The third-order valence-corrected chi connectivity index (χ3v) is 7.38. The van der Waals surface area contributed by atoms with E-state index < -0.39 is 14.8 Å². The second-order valence-electron chi connectivity index (χ2n) is 7.31. The predicted octanol–water partition coefficient (Wildman–Crippen LogP) is 2.98. The molecule has 2 aliphatic rings. The SMILES string of the molecule is O=C(COc1ccc([N+](=O)[O-])cc1Cl)N(C1CCCCC1)[C@H]1CCS(=O)(=O)C1. The number of nitrogens with zero attached hydrogens (tertiary/aromatic N) is 2. The maximum absolute atomic E-state index is 13.0. The molecule has 0 aromatic heterocycles. The van der Waals surface area contributed by atoms with Crippen molar-refractivity contribution in [3.63, 3.8) is 0 Å². The van der Waals surface area contributed by atoms with Gasteiger partial charge in [0.05, 0.1) is 21.5 Å². The van der Waals surface area contributed by atoms with Crippen LogP contribution in [0.3, 0.4) is 0 Å². The van der Waals surface area contributed by atoms with Gasteiger partial charge in [0, 0.05) is 24.2 Å². The molecule has 154 valence electrons. The average Bonchev–Trinajstić information content (AvgIpc) is 3.01. The van der Waals surface area contributed by atoms with Crippen molar-refractivity contribution in [2.24, 2.45) is 0 Å². The fourth-order valence-electron chi connectivity index (χ4n) is 3.99. The number of halogens is 1. The summed E-state index contributed by atoms with van der Waals surface area (Å²) in [5.74, 6) is 0.00294. The Bertz CT molecular complexity index is 854. The quantitative estimate of drug-likeness (QED) is 0.507. The van der Waals surface area contributed by atoms with Gasteiger partial charge >= 0.3 is 0 Å². The topological polar surface area (TPSA) is 107 Å². The monoisotopic (exact) mass is 430 g/mol. The van der Waals surface area contributed by atoms with E-state index in [1.807, 2.05) is 0 Å². The molecule has 1 amide bonds. The first-order valence-electron chi connectivity index (χ1n) is 9.35. The third-order valence-electron chi connectivity index (χ3n) is 5.34. The number of nitro benzene ring substituents is 1. The van der Waals surface area contributed by atoms with Gasteiger partial charge < -0.3 is 9.64 Å². The molecular weight excluding hydrogens is 408 g/mol. The number of carbonyl (C=O) groups is 1. The van der Waals surface area contributed by atoms with Crippen molar-refractivity contribution in [2.45, 2.75) is 50.6 Å². The van der Waals surface area contributed by atoms with Crippen LogP contribution in [-0.2, 0) is 14.6 Å². The molecule has 10 heteroatoms. The lowest BCUT2D eigenvalue weighted by atomic mass is 9.93. The third kappa shape index (κ3) is 4.94. The van der Waals surface area contributed by atoms with Gasteiger partial charge in [-0.3, -0.25) is 14.9 Å². The van der Waals surface area contributed by atoms with Gasteiger partial charge in [0.25, 0.3) is 11.6 Å². The Morgan fingerprint density at radius 3 is 2.50 bits per heavy atom. The summed E-state index contributed by atoms with van der Waals surface area (Å²) in [6, 6.07) is 3.49. The molecule has 1 aliphatic heterocycles. The van der Waals surface area contributed by atoms with Crippen LogP contribution >= 0.6 is 11.6 Å². The van der Waals surface area contributed by atoms with Gasteiger partial charge in [-0.25, -0.2) is 8.42 Å². The van der Waals surface area contributed by atoms with Gasteiger partial charge in [-0.05, 0) is 25.3 Å². The van der Waals surface area contributed by atoms with Crippen LogP contribution in [0, 0.1) is 10.1 Å². The highest BCUT2D eigenvalue weighted by atomic mass is 35.5. The second kappa shape index (κ2) is 8.65. The first-order valence-corrected chi connectivity index (χ1v) is 11.5. The smallest absolute Gasteiger partial charge is 0.271 e. The fourth-order valence-corrected chi connectivity index (χ4v) is 5.93. The number of hydrogen-bond acceptors (Lipinski definition) is 6. The molecule has 1 saturated heterocycles. The summed E-state index contributed by atoms with van der Waals surface area (Å²) in [5, 5.41) is 10.8. The van der Waals surface area contributed by atoms with Crippen molar-refractivity contribution in [1.29, 1.82) is 0 Å². The van der Waals surface area contributed by atoms with E-state index in [1.54, 1.807) is 4.90 Å². The van der Waals surface area contributed by atoms with Crippen LogP contribution in [0.15, 0.2) is 18.2 Å². The summed E-state index contributed by atoms with van der Waals surface area (Å²) in [6.45, 7) is -0.287.